The summed E-state index contributed by atoms with van der Waals surface area (Å²) < 4.78 is 1.93. The predicted molar refractivity (Wildman–Crippen MR) is 121 cm³/mol. The molecule has 152 valence electrons. The van der Waals surface area contributed by atoms with Crippen molar-refractivity contribution in [3.63, 3.8) is 0 Å². The van der Waals surface area contributed by atoms with Crippen LogP contribution in [0.4, 0.5) is 5.82 Å². The fourth-order valence-corrected chi connectivity index (χ4v) is 3.88. The molecule has 0 unspecified atom stereocenters. The number of rotatable bonds is 8. The molecule has 0 aliphatic heterocycles. The highest BCUT2D eigenvalue weighted by atomic mass is 32.1. The number of nitrogens with zero attached hydrogens (tertiary/aromatic N) is 4. The molecule has 0 saturated carbocycles. The molecule has 0 fully saturated rings. The van der Waals surface area contributed by atoms with Gasteiger partial charge in [0.05, 0.1) is 17.6 Å². The maximum absolute atomic E-state index is 12.9. The van der Waals surface area contributed by atoms with Crippen LogP contribution in [0.15, 0.2) is 78.0 Å². The summed E-state index contributed by atoms with van der Waals surface area (Å²) in [4.78, 5) is 23.8. The number of amides is 1. The fourth-order valence-electron chi connectivity index (χ4n) is 3.23. The average molecular weight is 418 g/mol. The molecule has 1 N–H and O–H groups in total. The molecule has 4 rings (SSSR count). The second-order valence-electron chi connectivity index (χ2n) is 6.98. The zero-order chi connectivity index (χ0) is 20.8. The Bertz CT molecular complexity index is 1080. The maximum Gasteiger partial charge on any atom is 0.255 e. The monoisotopic (exact) mass is 417 g/mol. The number of carbonyl (C=O) groups excluding carboxylic acids is 1. The third kappa shape index (κ3) is 4.75. The smallest absolute Gasteiger partial charge is 0.255 e. The van der Waals surface area contributed by atoms with E-state index in [2.05, 4.69) is 27.8 Å². The summed E-state index contributed by atoms with van der Waals surface area (Å²) in [6.45, 7) is 1.85. The van der Waals surface area contributed by atoms with Gasteiger partial charge < -0.3 is 14.8 Å². The van der Waals surface area contributed by atoms with Gasteiger partial charge in [-0.1, -0.05) is 30.3 Å². The first kappa shape index (κ1) is 19.8. The highest BCUT2D eigenvalue weighted by Crippen LogP contribution is 2.26. The van der Waals surface area contributed by atoms with Gasteiger partial charge in [-0.2, -0.15) is 11.3 Å². The molecule has 30 heavy (non-hydrogen) atoms. The molecule has 3 heterocycles. The summed E-state index contributed by atoms with van der Waals surface area (Å²) in [5, 5.41) is 7.09. The number of anilines is 1. The van der Waals surface area contributed by atoms with Crippen molar-refractivity contribution in [2.24, 2.45) is 0 Å². The molecule has 0 aliphatic carbocycles. The van der Waals surface area contributed by atoms with Gasteiger partial charge in [0.2, 0.25) is 0 Å². The number of carbonyl (C=O) groups is 1. The van der Waals surface area contributed by atoms with E-state index >= 15 is 0 Å². The van der Waals surface area contributed by atoms with Crippen LogP contribution in [0.1, 0.15) is 15.9 Å². The van der Waals surface area contributed by atoms with Gasteiger partial charge in [-0.25, -0.2) is 9.97 Å². The number of pyridine rings is 1. The lowest BCUT2D eigenvalue weighted by atomic mass is 10.1. The van der Waals surface area contributed by atoms with Crippen molar-refractivity contribution >= 4 is 23.1 Å². The van der Waals surface area contributed by atoms with Gasteiger partial charge in [0.15, 0.2) is 0 Å². The lowest BCUT2D eigenvalue weighted by Gasteiger charge is -2.22. The Balaban J connectivity index is 1.57. The Hall–Kier alpha value is -3.45. The first-order valence-corrected chi connectivity index (χ1v) is 10.7. The van der Waals surface area contributed by atoms with Crippen molar-refractivity contribution in [1.82, 2.24) is 19.9 Å². The molecule has 1 amide bonds. The fraction of sp³-hybridized carbons (Fsp3) is 0.174. The summed E-state index contributed by atoms with van der Waals surface area (Å²) in [5.41, 5.74) is 3.65. The summed E-state index contributed by atoms with van der Waals surface area (Å²) in [7, 11) is 1.97. The highest BCUT2D eigenvalue weighted by Gasteiger charge is 2.18. The van der Waals surface area contributed by atoms with E-state index in [-0.39, 0.29) is 5.91 Å². The van der Waals surface area contributed by atoms with Crippen LogP contribution in [0, 0.1) is 0 Å². The van der Waals surface area contributed by atoms with Crippen LogP contribution in [0.5, 0.6) is 0 Å². The largest absolute Gasteiger partial charge is 0.355 e. The van der Waals surface area contributed by atoms with Crippen molar-refractivity contribution in [2.45, 2.75) is 13.1 Å². The van der Waals surface area contributed by atoms with Crippen LogP contribution < -0.4 is 10.2 Å². The van der Waals surface area contributed by atoms with Crippen LogP contribution in [0.25, 0.3) is 11.3 Å². The first-order valence-electron chi connectivity index (χ1n) is 9.73. The van der Waals surface area contributed by atoms with Gasteiger partial charge in [-0.05, 0) is 29.1 Å². The van der Waals surface area contributed by atoms with Gasteiger partial charge in [-0.3, -0.25) is 4.79 Å². The molecule has 0 bridgehead atoms. The molecule has 7 heteroatoms. The zero-order valence-electron chi connectivity index (χ0n) is 16.7. The molecule has 6 nitrogen and oxygen atoms in total. The number of benzene rings is 1. The van der Waals surface area contributed by atoms with Crippen molar-refractivity contribution in [2.75, 3.05) is 18.5 Å². The Morgan fingerprint density at radius 1 is 1.17 bits per heavy atom. The summed E-state index contributed by atoms with van der Waals surface area (Å²) in [6, 6.07) is 16.0. The van der Waals surface area contributed by atoms with E-state index in [1.165, 1.54) is 0 Å². The van der Waals surface area contributed by atoms with E-state index in [4.69, 9.17) is 4.98 Å². The molecule has 4 aromatic rings. The minimum atomic E-state index is -0.130. The molecule has 1 aromatic carbocycles. The van der Waals surface area contributed by atoms with Crippen molar-refractivity contribution in [3.05, 3.63) is 89.1 Å². The zero-order valence-corrected chi connectivity index (χ0v) is 17.5. The van der Waals surface area contributed by atoms with Crippen molar-refractivity contribution in [3.8, 4) is 11.3 Å². The highest BCUT2D eigenvalue weighted by molar-refractivity contribution is 7.08. The van der Waals surface area contributed by atoms with E-state index in [9.17, 15) is 4.79 Å². The summed E-state index contributed by atoms with van der Waals surface area (Å²) in [6.07, 6.45) is 5.34. The maximum atomic E-state index is 12.9. The Morgan fingerprint density at radius 2 is 2.03 bits per heavy atom. The normalized spacial score (nSPS) is 10.7. The number of hydrogen-bond acceptors (Lipinski definition) is 5. The third-order valence-corrected chi connectivity index (χ3v) is 5.46. The van der Waals surface area contributed by atoms with Crippen LogP contribution >= 0.6 is 11.3 Å². The summed E-state index contributed by atoms with van der Waals surface area (Å²) in [5.74, 6) is 0.539. The number of nitrogens with one attached hydrogen (secondary N) is 1. The summed E-state index contributed by atoms with van der Waals surface area (Å²) >= 11 is 1.63. The molecular weight excluding hydrogens is 394 g/mol. The minimum Gasteiger partial charge on any atom is -0.355 e. The molecule has 3 aromatic heterocycles. The average Bonchev–Trinajstić information content (AvgIpc) is 3.48. The number of hydrogen-bond donors (Lipinski definition) is 1. The third-order valence-electron chi connectivity index (χ3n) is 4.78. The Morgan fingerprint density at radius 3 is 2.77 bits per heavy atom. The molecule has 0 spiro atoms. The second kappa shape index (κ2) is 9.37. The molecule has 0 atom stereocenters. The quantitative estimate of drug-likeness (QED) is 0.469. The lowest BCUT2D eigenvalue weighted by molar-refractivity contribution is 0.0952. The van der Waals surface area contributed by atoms with Gasteiger partial charge >= 0.3 is 0 Å². The van der Waals surface area contributed by atoms with E-state index in [0.29, 0.717) is 31.0 Å². The van der Waals surface area contributed by atoms with E-state index < -0.39 is 0 Å². The minimum absolute atomic E-state index is 0.130. The van der Waals surface area contributed by atoms with E-state index in [1.54, 1.807) is 23.9 Å². The van der Waals surface area contributed by atoms with Crippen LogP contribution in [-0.4, -0.2) is 34.0 Å². The van der Waals surface area contributed by atoms with Gasteiger partial charge in [0.1, 0.15) is 5.82 Å². The van der Waals surface area contributed by atoms with E-state index in [0.717, 1.165) is 16.8 Å². The molecule has 0 radical (unpaired) electrons. The standard InChI is InChI=1S/C23H23N5OS/c1-27(15-18-5-3-2-4-6-18)22-20(7-8-21(26-22)19-9-14-30-16-19)23(29)25-11-13-28-12-10-24-17-28/h2-10,12,14,16-17H,11,13,15H2,1H3,(H,25,29). The molecule has 0 saturated heterocycles. The van der Waals surface area contributed by atoms with Crippen LogP contribution in [-0.2, 0) is 13.1 Å². The van der Waals surface area contributed by atoms with Crippen LogP contribution in [0.3, 0.4) is 0 Å². The lowest BCUT2D eigenvalue weighted by Crippen LogP contribution is -2.30. The first-order chi connectivity index (χ1) is 14.7. The van der Waals surface area contributed by atoms with Gasteiger partial charge in [0, 0.05) is 50.0 Å². The van der Waals surface area contributed by atoms with E-state index in [1.807, 2.05) is 64.5 Å². The van der Waals surface area contributed by atoms with Crippen molar-refractivity contribution in [1.29, 1.82) is 0 Å². The number of imidazole rings is 1. The second-order valence-corrected chi connectivity index (χ2v) is 7.76. The SMILES string of the molecule is CN(Cc1ccccc1)c1nc(-c2ccsc2)ccc1C(=O)NCCn1ccnc1. The van der Waals surface area contributed by atoms with Gasteiger partial charge in [-0.15, -0.1) is 0 Å². The Kier molecular flexibility index (Phi) is 6.20. The Labute approximate surface area is 179 Å². The molecule has 0 aliphatic rings. The number of aromatic nitrogens is 3. The van der Waals surface area contributed by atoms with Crippen LogP contribution in [0.2, 0.25) is 0 Å². The van der Waals surface area contributed by atoms with Gasteiger partial charge in [0.25, 0.3) is 5.91 Å². The topological polar surface area (TPSA) is 63.1 Å². The number of thiophene rings is 1. The van der Waals surface area contributed by atoms with Crippen molar-refractivity contribution < 1.29 is 4.79 Å². The predicted octanol–water partition coefficient (Wildman–Crippen LogP) is 4.07. The molecular formula is C23H23N5OS.